The van der Waals surface area contributed by atoms with E-state index >= 15 is 0 Å². The third-order valence-electron chi connectivity index (χ3n) is 5.41. The average Bonchev–Trinajstić information content (AvgIpc) is 2.96. The van der Waals surface area contributed by atoms with E-state index in [-0.39, 0.29) is 5.41 Å². The van der Waals surface area contributed by atoms with Gasteiger partial charge in [0.05, 0.1) is 0 Å². The SMILES string of the molecule is CCC(N)C(N1CCCC1C1CCCC1)C(C)(C)C. The van der Waals surface area contributed by atoms with Crippen LogP contribution in [0, 0.1) is 11.3 Å². The highest BCUT2D eigenvalue weighted by molar-refractivity contribution is 4.98. The van der Waals surface area contributed by atoms with Gasteiger partial charge in [0.15, 0.2) is 0 Å². The van der Waals surface area contributed by atoms with Crippen LogP contribution in [0.2, 0.25) is 0 Å². The predicted octanol–water partition coefficient (Wildman–Crippen LogP) is 3.79. The maximum atomic E-state index is 6.50. The molecular formula is C17H34N2. The van der Waals surface area contributed by atoms with Crippen molar-refractivity contribution in [2.75, 3.05) is 6.54 Å². The van der Waals surface area contributed by atoms with Crippen LogP contribution in [0.1, 0.15) is 72.6 Å². The molecule has 3 atom stereocenters. The molecule has 1 aliphatic heterocycles. The Kier molecular flexibility index (Phi) is 4.94. The summed E-state index contributed by atoms with van der Waals surface area (Å²) in [7, 11) is 0. The first-order valence-corrected chi connectivity index (χ1v) is 8.46. The van der Waals surface area contributed by atoms with Crippen LogP contribution in [0.5, 0.6) is 0 Å². The van der Waals surface area contributed by atoms with E-state index in [0.29, 0.717) is 12.1 Å². The fourth-order valence-electron chi connectivity index (χ4n) is 4.62. The second-order valence-electron chi connectivity index (χ2n) is 7.87. The molecule has 2 heteroatoms. The Morgan fingerprint density at radius 1 is 1.11 bits per heavy atom. The van der Waals surface area contributed by atoms with Gasteiger partial charge in [-0.2, -0.15) is 0 Å². The number of nitrogens with two attached hydrogens (primary N) is 1. The van der Waals surface area contributed by atoms with Crippen molar-refractivity contribution >= 4 is 0 Å². The fraction of sp³-hybridized carbons (Fsp3) is 1.00. The maximum absolute atomic E-state index is 6.50. The minimum atomic E-state index is 0.288. The molecule has 1 saturated carbocycles. The standard InChI is InChI=1S/C17H34N2/c1-5-14(18)16(17(2,3)4)19-12-8-11-15(19)13-9-6-7-10-13/h13-16H,5-12,18H2,1-4H3. The van der Waals surface area contributed by atoms with Crippen LogP contribution in [0.15, 0.2) is 0 Å². The summed E-state index contributed by atoms with van der Waals surface area (Å²) in [6, 6.07) is 1.69. The monoisotopic (exact) mass is 266 g/mol. The molecule has 2 nitrogen and oxygen atoms in total. The van der Waals surface area contributed by atoms with Crippen molar-refractivity contribution in [2.45, 2.75) is 90.8 Å². The zero-order valence-electron chi connectivity index (χ0n) is 13.5. The second kappa shape index (κ2) is 6.13. The van der Waals surface area contributed by atoms with E-state index in [1.165, 1.54) is 45.1 Å². The third kappa shape index (κ3) is 3.33. The molecule has 19 heavy (non-hydrogen) atoms. The van der Waals surface area contributed by atoms with Gasteiger partial charge in [-0.1, -0.05) is 40.5 Å². The zero-order valence-corrected chi connectivity index (χ0v) is 13.5. The van der Waals surface area contributed by atoms with E-state index in [0.717, 1.165) is 18.4 Å². The highest BCUT2D eigenvalue weighted by atomic mass is 15.2. The van der Waals surface area contributed by atoms with Crippen molar-refractivity contribution in [1.29, 1.82) is 0 Å². The van der Waals surface area contributed by atoms with Gasteiger partial charge in [0.25, 0.3) is 0 Å². The molecule has 2 N–H and O–H groups in total. The molecule has 1 heterocycles. The lowest BCUT2D eigenvalue weighted by Gasteiger charge is -2.45. The van der Waals surface area contributed by atoms with Crippen LogP contribution in [0.3, 0.4) is 0 Å². The Morgan fingerprint density at radius 3 is 2.26 bits per heavy atom. The normalized spacial score (nSPS) is 29.8. The first kappa shape index (κ1) is 15.3. The summed E-state index contributed by atoms with van der Waals surface area (Å²) in [6.45, 7) is 10.6. The molecule has 0 radical (unpaired) electrons. The molecule has 2 rings (SSSR count). The number of likely N-dealkylation sites (tertiary alicyclic amines) is 1. The summed E-state index contributed by atoms with van der Waals surface area (Å²) in [6.07, 6.45) is 9.70. The summed E-state index contributed by atoms with van der Waals surface area (Å²) in [4.78, 5) is 2.81. The van der Waals surface area contributed by atoms with Crippen molar-refractivity contribution in [3.63, 3.8) is 0 Å². The summed E-state index contributed by atoms with van der Waals surface area (Å²) in [5.74, 6) is 0.955. The van der Waals surface area contributed by atoms with Gasteiger partial charge in [0.1, 0.15) is 0 Å². The van der Waals surface area contributed by atoms with E-state index in [4.69, 9.17) is 5.73 Å². The lowest BCUT2D eigenvalue weighted by molar-refractivity contribution is 0.0449. The minimum Gasteiger partial charge on any atom is -0.326 e. The van der Waals surface area contributed by atoms with Gasteiger partial charge in [-0.15, -0.1) is 0 Å². The topological polar surface area (TPSA) is 29.3 Å². The first-order valence-electron chi connectivity index (χ1n) is 8.46. The van der Waals surface area contributed by atoms with Gasteiger partial charge in [-0.3, -0.25) is 4.90 Å². The van der Waals surface area contributed by atoms with E-state index in [9.17, 15) is 0 Å². The van der Waals surface area contributed by atoms with E-state index in [2.05, 4.69) is 32.6 Å². The number of nitrogens with zero attached hydrogens (tertiary/aromatic N) is 1. The molecule has 112 valence electrons. The molecule has 0 aromatic rings. The van der Waals surface area contributed by atoms with Crippen LogP contribution in [0.4, 0.5) is 0 Å². The van der Waals surface area contributed by atoms with Gasteiger partial charge in [0, 0.05) is 18.1 Å². The molecule has 2 fully saturated rings. The van der Waals surface area contributed by atoms with E-state index < -0.39 is 0 Å². The van der Waals surface area contributed by atoms with Gasteiger partial charge in [0.2, 0.25) is 0 Å². The van der Waals surface area contributed by atoms with Crippen LogP contribution in [0.25, 0.3) is 0 Å². The Balaban J connectivity index is 2.15. The molecule has 0 bridgehead atoms. The third-order valence-corrected chi connectivity index (χ3v) is 5.41. The van der Waals surface area contributed by atoms with Gasteiger partial charge in [-0.25, -0.2) is 0 Å². The van der Waals surface area contributed by atoms with Crippen molar-refractivity contribution in [2.24, 2.45) is 17.1 Å². The number of hydrogen-bond donors (Lipinski definition) is 1. The minimum absolute atomic E-state index is 0.288. The lowest BCUT2D eigenvalue weighted by Crippen LogP contribution is -2.57. The number of rotatable bonds is 4. The Bertz CT molecular complexity index is 275. The maximum Gasteiger partial charge on any atom is 0.0298 e. The molecule has 0 spiro atoms. The van der Waals surface area contributed by atoms with E-state index in [1.54, 1.807) is 0 Å². The molecule has 3 unspecified atom stereocenters. The largest absolute Gasteiger partial charge is 0.326 e. The molecule has 0 amide bonds. The second-order valence-corrected chi connectivity index (χ2v) is 7.87. The number of hydrogen-bond acceptors (Lipinski definition) is 2. The summed E-state index contributed by atoms with van der Waals surface area (Å²) in [5.41, 5.74) is 6.79. The summed E-state index contributed by atoms with van der Waals surface area (Å²) < 4.78 is 0. The molecule has 2 aliphatic rings. The Hall–Kier alpha value is -0.0800. The van der Waals surface area contributed by atoms with Crippen molar-refractivity contribution in [1.82, 2.24) is 4.90 Å². The quantitative estimate of drug-likeness (QED) is 0.839. The summed E-state index contributed by atoms with van der Waals surface area (Å²) in [5, 5.41) is 0. The Morgan fingerprint density at radius 2 is 1.74 bits per heavy atom. The van der Waals surface area contributed by atoms with Crippen LogP contribution < -0.4 is 5.73 Å². The average molecular weight is 266 g/mol. The highest BCUT2D eigenvalue weighted by Gasteiger charge is 2.42. The highest BCUT2D eigenvalue weighted by Crippen LogP contribution is 2.40. The van der Waals surface area contributed by atoms with Crippen molar-refractivity contribution < 1.29 is 0 Å². The van der Waals surface area contributed by atoms with E-state index in [1.807, 2.05) is 0 Å². The van der Waals surface area contributed by atoms with Crippen molar-refractivity contribution in [3.8, 4) is 0 Å². The van der Waals surface area contributed by atoms with Gasteiger partial charge >= 0.3 is 0 Å². The van der Waals surface area contributed by atoms with Crippen LogP contribution >= 0.6 is 0 Å². The van der Waals surface area contributed by atoms with Crippen LogP contribution in [-0.4, -0.2) is 29.6 Å². The predicted molar refractivity (Wildman–Crippen MR) is 83.2 cm³/mol. The molecule has 0 aromatic carbocycles. The van der Waals surface area contributed by atoms with Gasteiger partial charge < -0.3 is 5.73 Å². The lowest BCUT2D eigenvalue weighted by atomic mass is 9.79. The van der Waals surface area contributed by atoms with Gasteiger partial charge in [-0.05, 0) is 50.0 Å². The smallest absolute Gasteiger partial charge is 0.0298 e. The zero-order chi connectivity index (χ0) is 14.0. The molecular weight excluding hydrogens is 232 g/mol. The summed E-state index contributed by atoms with van der Waals surface area (Å²) >= 11 is 0. The molecule has 0 aromatic heterocycles. The van der Waals surface area contributed by atoms with Crippen LogP contribution in [-0.2, 0) is 0 Å². The molecule has 1 saturated heterocycles. The first-order chi connectivity index (χ1) is 8.95. The Labute approximate surface area is 120 Å². The van der Waals surface area contributed by atoms with Crippen molar-refractivity contribution in [3.05, 3.63) is 0 Å². The molecule has 1 aliphatic carbocycles. The fourth-order valence-corrected chi connectivity index (χ4v) is 4.62.